The van der Waals surface area contributed by atoms with Crippen molar-refractivity contribution in [2.24, 2.45) is 5.92 Å². The van der Waals surface area contributed by atoms with Crippen molar-refractivity contribution in [1.29, 1.82) is 5.26 Å². The van der Waals surface area contributed by atoms with E-state index >= 15 is 0 Å². The molecule has 110 valence electrons. The van der Waals surface area contributed by atoms with E-state index < -0.39 is 7.52 Å². The topological polar surface area (TPSA) is 53.3 Å². The van der Waals surface area contributed by atoms with E-state index in [4.69, 9.17) is 4.52 Å². The Bertz CT molecular complexity index is 329. The van der Waals surface area contributed by atoms with Gasteiger partial charge < -0.3 is 4.52 Å². The van der Waals surface area contributed by atoms with E-state index in [0.717, 1.165) is 25.7 Å². The molecule has 1 saturated carbocycles. The molecule has 1 fully saturated rings. The van der Waals surface area contributed by atoms with Gasteiger partial charge in [0.15, 0.2) is 5.81 Å². The first-order valence-electron chi connectivity index (χ1n) is 7.57. The summed E-state index contributed by atoms with van der Waals surface area (Å²) in [6, 6.07) is 0. The summed E-state index contributed by atoms with van der Waals surface area (Å²) >= 11 is 0. The molecule has 0 amide bonds. The fourth-order valence-electron chi connectivity index (χ4n) is 2.63. The van der Waals surface area contributed by atoms with Crippen molar-refractivity contribution in [2.45, 2.75) is 58.8 Å². The zero-order valence-corrected chi connectivity index (χ0v) is 13.2. The zero-order chi connectivity index (χ0) is 14.1. The lowest BCUT2D eigenvalue weighted by Gasteiger charge is -2.28. The van der Waals surface area contributed by atoms with Crippen LogP contribution in [0, 0.1) is 17.0 Å². The quantitative estimate of drug-likeness (QED) is 0.621. The Labute approximate surface area is 117 Å². The largest absolute Gasteiger partial charge is 0.371 e. The Hall–Kier alpha value is -0.360. The summed E-state index contributed by atoms with van der Waals surface area (Å²) in [4.78, 5) is 0. The Morgan fingerprint density at radius 2 is 1.79 bits per heavy atom. The predicted molar refractivity (Wildman–Crippen MR) is 77.9 cm³/mol. The van der Waals surface area contributed by atoms with Crippen molar-refractivity contribution in [1.82, 2.24) is 4.67 Å². The summed E-state index contributed by atoms with van der Waals surface area (Å²) < 4.78 is 20.0. The third-order valence-corrected chi connectivity index (χ3v) is 5.57. The molecular weight excluding hydrogens is 259 g/mol. The molecule has 0 aromatic heterocycles. The standard InChI is InChI=1S/C14H27N2O2P/c1-3-10-16(11-4-2)19(17,13-15)18-12-14-8-6-5-7-9-14/h14H,3-12H2,1-2H3. The van der Waals surface area contributed by atoms with Crippen molar-refractivity contribution < 1.29 is 9.09 Å². The Morgan fingerprint density at radius 3 is 2.26 bits per heavy atom. The number of rotatable bonds is 8. The van der Waals surface area contributed by atoms with E-state index in [-0.39, 0.29) is 0 Å². The lowest BCUT2D eigenvalue weighted by Crippen LogP contribution is -2.24. The SMILES string of the molecule is CCCN(CCC)P(=O)(C#N)OCC1CCCCC1. The molecule has 1 atom stereocenters. The van der Waals surface area contributed by atoms with Crippen LogP contribution in [0.2, 0.25) is 0 Å². The third-order valence-electron chi connectivity index (χ3n) is 3.67. The molecule has 0 saturated heterocycles. The summed E-state index contributed by atoms with van der Waals surface area (Å²) in [6.45, 7) is 5.89. The summed E-state index contributed by atoms with van der Waals surface area (Å²) in [5.41, 5.74) is 0. The maximum atomic E-state index is 12.6. The minimum Gasteiger partial charge on any atom is -0.307 e. The smallest absolute Gasteiger partial charge is 0.307 e. The fourth-order valence-corrected chi connectivity index (χ4v) is 4.31. The van der Waals surface area contributed by atoms with Crippen LogP contribution in [0.4, 0.5) is 0 Å². The lowest BCUT2D eigenvalue weighted by molar-refractivity contribution is 0.193. The van der Waals surface area contributed by atoms with Crippen LogP contribution in [0.5, 0.6) is 0 Å². The van der Waals surface area contributed by atoms with Crippen LogP contribution in [0.25, 0.3) is 0 Å². The Kier molecular flexibility index (Phi) is 7.68. The molecule has 0 spiro atoms. The molecular formula is C14H27N2O2P. The Balaban J connectivity index is 2.56. The van der Waals surface area contributed by atoms with Crippen LogP contribution in [0.1, 0.15) is 58.8 Å². The second-order valence-corrected chi connectivity index (χ2v) is 7.44. The number of hydrogen-bond donors (Lipinski definition) is 0. The highest BCUT2D eigenvalue weighted by Gasteiger charge is 2.32. The maximum Gasteiger partial charge on any atom is 0.371 e. The summed E-state index contributed by atoms with van der Waals surface area (Å²) in [6.07, 6.45) is 7.83. The van der Waals surface area contributed by atoms with Gasteiger partial charge in [-0.05, 0) is 31.6 Å². The van der Waals surface area contributed by atoms with Gasteiger partial charge in [-0.3, -0.25) is 4.57 Å². The highest BCUT2D eigenvalue weighted by molar-refractivity contribution is 7.61. The minimum absolute atomic E-state index is 0.481. The van der Waals surface area contributed by atoms with E-state index in [1.807, 2.05) is 19.7 Å². The van der Waals surface area contributed by atoms with Gasteiger partial charge in [-0.1, -0.05) is 33.1 Å². The van der Waals surface area contributed by atoms with Gasteiger partial charge in [0.2, 0.25) is 0 Å². The highest BCUT2D eigenvalue weighted by atomic mass is 31.2. The van der Waals surface area contributed by atoms with E-state index in [1.54, 1.807) is 4.67 Å². The van der Waals surface area contributed by atoms with Gasteiger partial charge in [-0.2, -0.15) is 5.26 Å². The molecule has 0 heterocycles. The molecule has 1 rings (SSSR count). The van der Waals surface area contributed by atoms with E-state index in [2.05, 4.69) is 0 Å². The summed E-state index contributed by atoms with van der Waals surface area (Å²) in [5, 5.41) is 9.26. The summed E-state index contributed by atoms with van der Waals surface area (Å²) in [5.74, 6) is 2.43. The molecule has 0 bridgehead atoms. The molecule has 0 N–H and O–H groups in total. The van der Waals surface area contributed by atoms with E-state index in [9.17, 15) is 9.83 Å². The van der Waals surface area contributed by atoms with Gasteiger partial charge in [0, 0.05) is 13.1 Å². The molecule has 4 nitrogen and oxygen atoms in total. The molecule has 1 aliphatic rings. The summed E-state index contributed by atoms with van der Waals surface area (Å²) in [7, 11) is -3.27. The van der Waals surface area contributed by atoms with Gasteiger partial charge in [-0.25, -0.2) is 4.67 Å². The first-order chi connectivity index (χ1) is 9.16. The van der Waals surface area contributed by atoms with Crippen LogP contribution in [-0.2, 0) is 9.09 Å². The van der Waals surface area contributed by atoms with Gasteiger partial charge in [0.1, 0.15) is 0 Å². The van der Waals surface area contributed by atoms with Crippen molar-refractivity contribution in [3.05, 3.63) is 0 Å². The van der Waals surface area contributed by atoms with Crippen LogP contribution >= 0.6 is 7.52 Å². The number of nitrogens with zero attached hydrogens (tertiary/aromatic N) is 2. The van der Waals surface area contributed by atoms with Crippen molar-refractivity contribution in [3.63, 3.8) is 0 Å². The molecule has 0 aromatic carbocycles. The molecule has 0 aliphatic heterocycles. The monoisotopic (exact) mass is 286 g/mol. The molecule has 19 heavy (non-hydrogen) atoms. The average Bonchev–Trinajstić information content (AvgIpc) is 2.46. The maximum absolute atomic E-state index is 12.6. The van der Waals surface area contributed by atoms with Crippen LogP contribution in [0.15, 0.2) is 0 Å². The van der Waals surface area contributed by atoms with Crippen molar-refractivity contribution in [3.8, 4) is 5.81 Å². The van der Waals surface area contributed by atoms with Crippen LogP contribution in [-0.4, -0.2) is 24.4 Å². The number of hydrogen-bond acceptors (Lipinski definition) is 3. The van der Waals surface area contributed by atoms with Crippen LogP contribution < -0.4 is 0 Å². The van der Waals surface area contributed by atoms with Crippen molar-refractivity contribution >= 4 is 7.52 Å². The number of nitriles is 1. The first-order valence-corrected chi connectivity index (χ1v) is 9.15. The fraction of sp³-hybridized carbons (Fsp3) is 0.929. The molecule has 5 heteroatoms. The highest BCUT2D eigenvalue weighted by Crippen LogP contribution is 2.50. The average molecular weight is 286 g/mol. The second-order valence-electron chi connectivity index (χ2n) is 5.37. The predicted octanol–water partition coefficient (Wildman–Crippen LogP) is 4.38. The van der Waals surface area contributed by atoms with Gasteiger partial charge in [0.05, 0.1) is 6.61 Å². The van der Waals surface area contributed by atoms with Crippen molar-refractivity contribution in [2.75, 3.05) is 19.7 Å². The van der Waals surface area contributed by atoms with E-state index in [1.165, 1.54) is 19.3 Å². The third kappa shape index (κ3) is 5.26. The minimum atomic E-state index is -3.27. The zero-order valence-electron chi connectivity index (χ0n) is 12.3. The lowest BCUT2D eigenvalue weighted by atomic mass is 9.90. The van der Waals surface area contributed by atoms with Gasteiger partial charge >= 0.3 is 7.52 Å². The van der Waals surface area contributed by atoms with E-state index in [0.29, 0.717) is 25.6 Å². The molecule has 0 radical (unpaired) electrons. The molecule has 1 aliphatic carbocycles. The molecule has 0 aromatic rings. The Morgan fingerprint density at radius 1 is 1.21 bits per heavy atom. The van der Waals surface area contributed by atoms with Gasteiger partial charge in [0.25, 0.3) is 0 Å². The second kappa shape index (κ2) is 8.74. The van der Waals surface area contributed by atoms with Gasteiger partial charge in [-0.15, -0.1) is 0 Å². The molecule has 1 unspecified atom stereocenters. The first kappa shape index (κ1) is 16.7. The van der Waals surface area contributed by atoms with Crippen LogP contribution in [0.3, 0.4) is 0 Å². The normalized spacial score (nSPS) is 20.1.